The van der Waals surface area contributed by atoms with Crippen LogP contribution in [-0.2, 0) is 25.6 Å². The van der Waals surface area contributed by atoms with Gasteiger partial charge in [-0.05, 0) is 85.0 Å². The smallest absolute Gasteiger partial charge is 0.416 e. The molecular weight excluding hydrogens is 978 g/mol. The number of aromatic carboxylic acids is 1. The number of halogens is 2. The molecule has 0 radical (unpaired) electrons. The molecule has 73 heavy (non-hydrogen) atoms. The fourth-order valence-electron chi connectivity index (χ4n) is 8.75. The summed E-state index contributed by atoms with van der Waals surface area (Å²) in [5.41, 5.74) is 2.84. The highest BCUT2D eigenvalue weighted by molar-refractivity contribution is 6.33. The second kappa shape index (κ2) is 21.7. The molecule has 3 aliphatic rings. The van der Waals surface area contributed by atoms with Crippen LogP contribution in [0.2, 0.25) is 10.0 Å². The lowest BCUT2D eigenvalue weighted by Crippen LogP contribution is -2.48. The number of benzene rings is 5. The van der Waals surface area contributed by atoms with E-state index in [0.29, 0.717) is 0 Å². The van der Waals surface area contributed by atoms with Crippen molar-refractivity contribution in [3.8, 4) is 39.3 Å². The van der Waals surface area contributed by atoms with Crippen LogP contribution in [0.5, 0.6) is 5.75 Å². The lowest BCUT2D eigenvalue weighted by atomic mass is 9.90. The maximum absolute atomic E-state index is 14.5. The van der Waals surface area contributed by atoms with Gasteiger partial charge in [-0.15, -0.1) is 0 Å². The predicted octanol–water partition coefficient (Wildman–Crippen LogP) is 10.7. The second-order valence-corrected chi connectivity index (χ2v) is 20.8. The van der Waals surface area contributed by atoms with Crippen molar-refractivity contribution in [3.63, 3.8) is 0 Å². The van der Waals surface area contributed by atoms with Crippen LogP contribution in [-0.4, -0.2) is 94.8 Å². The maximum atomic E-state index is 14.5. The van der Waals surface area contributed by atoms with Crippen molar-refractivity contribution in [2.45, 2.75) is 84.9 Å². The Bertz CT molecular complexity index is 3110. The number of nitrogens with one attached hydrogen (secondary N) is 2. The van der Waals surface area contributed by atoms with Crippen LogP contribution in [0, 0.1) is 5.41 Å². The Morgan fingerprint density at radius 2 is 1.44 bits per heavy atom. The number of carbonyl (C=O) groups is 5. The third-order valence-corrected chi connectivity index (χ3v) is 12.7. The van der Waals surface area contributed by atoms with E-state index in [1.54, 1.807) is 39.0 Å². The fraction of sp³-hybridized carbons (Fsp3) is 0.327. The van der Waals surface area contributed by atoms with Gasteiger partial charge in [0, 0.05) is 55.6 Å². The van der Waals surface area contributed by atoms with E-state index in [1.165, 1.54) is 37.2 Å². The number of rotatable bonds is 13. The van der Waals surface area contributed by atoms with Crippen LogP contribution in [0.4, 0.5) is 9.59 Å². The first-order chi connectivity index (χ1) is 34.4. The summed E-state index contributed by atoms with van der Waals surface area (Å²) in [6, 6.07) is 24.5. The Morgan fingerprint density at radius 1 is 0.822 bits per heavy atom. The molecule has 4 N–H and O–H groups in total. The van der Waals surface area contributed by atoms with E-state index in [9.17, 15) is 39.0 Å². The molecule has 0 fully saturated rings. The van der Waals surface area contributed by atoms with Gasteiger partial charge >= 0.3 is 18.2 Å². The summed E-state index contributed by atoms with van der Waals surface area (Å²) in [7, 11) is 2.95. The van der Waals surface area contributed by atoms with Crippen molar-refractivity contribution in [1.82, 2.24) is 20.4 Å². The number of ether oxygens (including phenoxy) is 2. The molecule has 16 nitrogen and oxygen atoms in total. The number of carboxylic acids is 1. The minimum atomic E-state index is -1.29. The van der Waals surface area contributed by atoms with E-state index in [4.69, 9.17) is 37.1 Å². The van der Waals surface area contributed by atoms with Gasteiger partial charge in [-0.3, -0.25) is 29.2 Å². The molecule has 4 aromatic rings. The number of carboxylic acid groups (broad SMARTS) is 1. The topological polar surface area (TPSA) is 217 Å². The molecular formula is C55H57Cl2N5O11. The second-order valence-electron chi connectivity index (χ2n) is 20.0. The third kappa shape index (κ3) is 12.1. The summed E-state index contributed by atoms with van der Waals surface area (Å²) in [5, 5.41) is 27.1. The molecule has 2 aliphatic carbocycles. The molecule has 4 amide bonds. The zero-order valence-corrected chi connectivity index (χ0v) is 43.2. The largest absolute Gasteiger partial charge is 0.506 e. The van der Waals surface area contributed by atoms with Crippen molar-refractivity contribution in [1.29, 1.82) is 0 Å². The minimum Gasteiger partial charge on any atom is -0.506 e. The maximum Gasteiger partial charge on any atom is 0.416 e. The number of aliphatic imine (C=N–C) groups is 1. The normalized spacial score (nSPS) is 13.0. The SMILES string of the molecule is CN(C(=O)CC(C)(C)C)C(=NCCCC(NC(=O)OCC1c2ccccc2-c2ccccc21)C(=O)NCc1c(O)c(Cl)cc2c(-c3ccccc3C(=O)O)c3cc(Cl)c(=O)cc-3oc12)N(C)C(=O)OC(C)(C)C. The monoisotopic (exact) mass is 1030 g/mol. The molecule has 1 unspecified atom stereocenters. The van der Waals surface area contributed by atoms with E-state index in [-0.39, 0.29) is 110 Å². The number of hydrogen-bond acceptors (Lipinski definition) is 11. The van der Waals surface area contributed by atoms with Crippen LogP contribution >= 0.6 is 23.2 Å². The van der Waals surface area contributed by atoms with Gasteiger partial charge in [-0.2, -0.15) is 0 Å². The zero-order valence-electron chi connectivity index (χ0n) is 41.7. The van der Waals surface area contributed by atoms with Gasteiger partial charge in [0.2, 0.25) is 23.2 Å². The van der Waals surface area contributed by atoms with Crippen LogP contribution in [0.25, 0.3) is 44.5 Å². The molecule has 1 atom stereocenters. The molecule has 0 bridgehead atoms. The molecule has 7 rings (SSSR count). The van der Waals surface area contributed by atoms with E-state index in [0.717, 1.165) is 33.2 Å². The summed E-state index contributed by atoms with van der Waals surface area (Å²) < 4.78 is 17.7. The lowest BCUT2D eigenvalue weighted by Gasteiger charge is -2.30. The third-order valence-electron chi connectivity index (χ3n) is 12.1. The van der Waals surface area contributed by atoms with E-state index in [2.05, 4.69) is 15.6 Å². The van der Waals surface area contributed by atoms with Gasteiger partial charge in [-0.25, -0.2) is 14.4 Å². The number of phenols is 1. The highest BCUT2D eigenvalue weighted by Gasteiger charge is 2.33. The average molecular weight is 1030 g/mol. The van der Waals surface area contributed by atoms with Crippen molar-refractivity contribution in [2.24, 2.45) is 10.4 Å². The summed E-state index contributed by atoms with van der Waals surface area (Å²) >= 11 is 13.0. The molecule has 18 heteroatoms. The first-order valence-corrected chi connectivity index (χ1v) is 24.3. The van der Waals surface area contributed by atoms with Crippen LogP contribution in [0.3, 0.4) is 0 Å². The molecule has 4 aromatic carbocycles. The van der Waals surface area contributed by atoms with E-state index in [1.807, 2.05) is 69.3 Å². The number of phenolic OH excluding ortho intramolecular Hbond substituents is 1. The molecule has 0 saturated carbocycles. The Hall–Kier alpha value is -7.43. The molecule has 382 valence electrons. The number of guanidine groups is 1. The number of fused-ring (bicyclic) bond motifs is 5. The van der Waals surface area contributed by atoms with Crippen LogP contribution in [0.15, 0.2) is 105 Å². The standard InChI is InChI=1S/C55H57Cl2N5O11/c1-54(2,3)27-45(64)61(7)51(62(8)53(70)73-55(4,5)6)58-23-15-22-42(60-52(69)71-29-39-32-18-11-9-16-30(32)31-17-10-12-19-33(31)39)49(66)59-28-38-47(65)41(57)25-37-46(34-20-13-14-21-35(34)50(67)68)36-24-40(56)43(63)26-44(36)72-48(37)38/h9-14,16-21,24-26,39,42,65H,15,22-23,27-29H2,1-8H3,(H,59,66)(H,60,69)(H,67,68). The van der Waals surface area contributed by atoms with Gasteiger partial charge < -0.3 is 34.7 Å². The minimum absolute atomic E-state index is 0.00387. The quantitative estimate of drug-likeness (QED) is 0.0369. The fourth-order valence-corrected chi connectivity index (χ4v) is 9.13. The number of alkyl carbamates (subject to hydrolysis) is 1. The summed E-state index contributed by atoms with van der Waals surface area (Å²) in [6.07, 6.45) is -1.41. The number of hydrogen-bond donors (Lipinski definition) is 4. The Kier molecular flexibility index (Phi) is 15.9. The van der Waals surface area contributed by atoms with Crippen molar-refractivity contribution in [2.75, 3.05) is 27.2 Å². The van der Waals surface area contributed by atoms with Crippen molar-refractivity contribution < 1.29 is 48.1 Å². The van der Waals surface area contributed by atoms with E-state index < -0.39 is 53.4 Å². The highest BCUT2D eigenvalue weighted by atomic mass is 35.5. The van der Waals surface area contributed by atoms with Gasteiger partial charge in [-0.1, -0.05) is 111 Å². The summed E-state index contributed by atoms with van der Waals surface area (Å²) in [6.45, 7) is 10.4. The number of carbonyl (C=O) groups excluding carboxylic acids is 4. The first kappa shape index (κ1) is 53.4. The molecule has 1 aliphatic heterocycles. The van der Waals surface area contributed by atoms with Gasteiger partial charge in [0.15, 0.2) is 0 Å². The van der Waals surface area contributed by atoms with Crippen LogP contribution < -0.4 is 16.1 Å². The Labute approximate surface area is 432 Å². The first-order valence-electron chi connectivity index (χ1n) is 23.5. The van der Waals surface area contributed by atoms with Gasteiger partial charge in [0.25, 0.3) is 0 Å². The Balaban J connectivity index is 1.21. The molecule has 1 heterocycles. The molecule has 0 spiro atoms. The number of nitrogens with zero attached hydrogens (tertiary/aromatic N) is 3. The molecule has 0 saturated heterocycles. The Morgan fingerprint density at radius 3 is 2.05 bits per heavy atom. The highest BCUT2D eigenvalue weighted by Crippen LogP contribution is 2.47. The molecule has 0 aromatic heterocycles. The number of amides is 4. The van der Waals surface area contributed by atoms with Gasteiger partial charge in [0.1, 0.15) is 35.3 Å². The lowest BCUT2D eigenvalue weighted by molar-refractivity contribution is -0.128. The van der Waals surface area contributed by atoms with Crippen molar-refractivity contribution in [3.05, 3.63) is 134 Å². The van der Waals surface area contributed by atoms with E-state index >= 15 is 0 Å². The number of aromatic hydroxyl groups is 1. The van der Waals surface area contributed by atoms with Gasteiger partial charge in [0.05, 0.1) is 27.7 Å². The zero-order chi connectivity index (χ0) is 53.1. The van der Waals surface area contributed by atoms with Crippen molar-refractivity contribution >= 4 is 70.1 Å². The van der Waals surface area contributed by atoms with Crippen LogP contribution in [0.1, 0.15) is 93.8 Å². The summed E-state index contributed by atoms with van der Waals surface area (Å²) in [4.78, 5) is 87.5. The average Bonchev–Trinajstić information content (AvgIpc) is 3.64. The summed E-state index contributed by atoms with van der Waals surface area (Å²) in [5.74, 6) is -3.02. The predicted molar refractivity (Wildman–Crippen MR) is 279 cm³/mol.